The summed E-state index contributed by atoms with van der Waals surface area (Å²) in [6.07, 6.45) is 0.220. The van der Waals surface area contributed by atoms with Crippen molar-refractivity contribution < 1.29 is 21.6 Å². The zero-order valence-corrected chi connectivity index (χ0v) is 17.5. The first kappa shape index (κ1) is 20.3. The van der Waals surface area contributed by atoms with E-state index in [2.05, 4.69) is 20.3 Å². The van der Waals surface area contributed by atoms with Crippen LogP contribution in [-0.4, -0.2) is 39.1 Å². The van der Waals surface area contributed by atoms with E-state index in [1.807, 2.05) is 0 Å². The Morgan fingerprint density at radius 3 is 2.77 bits per heavy atom. The molecule has 158 valence electrons. The molecule has 0 aliphatic rings. The molecule has 30 heavy (non-hydrogen) atoms. The molecule has 0 amide bonds. The number of fused-ring (bicyclic) bond motifs is 1. The lowest BCUT2D eigenvalue weighted by Gasteiger charge is -2.23. The molecule has 0 fully saturated rings. The number of rotatable bonds is 7. The monoisotopic (exact) mass is 454 g/mol. The molecule has 0 bridgehead atoms. The van der Waals surface area contributed by atoms with Crippen molar-refractivity contribution in [1.29, 1.82) is 0 Å². The highest BCUT2D eigenvalue weighted by atomic mass is 32.2. The average Bonchev–Trinajstić information content (AvgIpc) is 3.46. The van der Waals surface area contributed by atoms with E-state index in [4.69, 9.17) is 4.42 Å². The minimum Gasteiger partial charge on any atom is -0.414 e. The van der Waals surface area contributed by atoms with Gasteiger partial charge in [-0.1, -0.05) is 0 Å². The highest BCUT2D eigenvalue weighted by molar-refractivity contribution is 7.92. The molecule has 0 atom stereocenters. The van der Waals surface area contributed by atoms with Gasteiger partial charge in [0.2, 0.25) is 10.0 Å². The second kappa shape index (κ2) is 7.72. The van der Waals surface area contributed by atoms with Crippen molar-refractivity contribution in [3.8, 4) is 10.8 Å². The number of benzene rings is 1. The third-order valence-corrected chi connectivity index (χ3v) is 7.10. The molecule has 0 radical (unpaired) electrons. The number of hydrogen-bond acceptors (Lipinski definition) is 8. The first-order valence-electron chi connectivity index (χ1n) is 8.77. The van der Waals surface area contributed by atoms with E-state index in [9.17, 15) is 17.2 Å². The summed E-state index contributed by atoms with van der Waals surface area (Å²) >= 11 is 1.09. The molecule has 9 nitrogen and oxygen atoms in total. The standard InChI is InChI=1S/C17H16F2N6O3S2/c1-3-30(26,27)25(11-5-4-10-7-21-24(2)12(10)6-11)9-14-20-8-13(29-14)16-22-23-17(28-16)15(18)19/h4-8,15H,3,9H2,1-2H3. The van der Waals surface area contributed by atoms with Crippen LogP contribution in [-0.2, 0) is 23.6 Å². The van der Waals surface area contributed by atoms with Crippen molar-refractivity contribution in [2.45, 2.75) is 19.9 Å². The van der Waals surface area contributed by atoms with E-state index < -0.39 is 22.3 Å². The molecule has 0 saturated carbocycles. The molecule has 0 spiro atoms. The number of nitrogens with zero attached hydrogens (tertiary/aromatic N) is 6. The van der Waals surface area contributed by atoms with Crippen LogP contribution < -0.4 is 4.31 Å². The predicted molar refractivity (Wildman–Crippen MR) is 107 cm³/mol. The molecule has 0 aliphatic carbocycles. The SMILES string of the molecule is CCS(=O)(=O)N(Cc1ncc(-c2nnc(C(F)F)o2)s1)c1ccc2cnn(C)c2c1. The number of aryl methyl sites for hydroxylation is 1. The van der Waals surface area contributed by atoms with Gasteiger partial charge in [0.05, 0.1) is 35.9 Å². The number of aromatic nitrogens is 5. The summed E-state index contributed by atoms with van der Waals surface area (Å²) in [5.74, 6) is -0.967. The van der Waals surface area contributed by atoms with Crippen molar-refractivity contribution in [3.05, 3.63) is 41.5 Å². The molecule has 0 unspecified atom stereocenters. The summed E-state index contributed by atoms with van der Waals surface area (Å²) in [6.45, 7) is 1.53. The number of thiazole rings is 1. The number of alkyl halides is 2. The summed E-state index contributed by atoms with van der Waals surface area (Å²) in [5, 5.41) is 12.4. The van der Waals surface area contributed by atoms with Gasteiger partial charge < -0.3 is 4.42 Å². The van der Waals surface area contributed by atoms with Crippen LogP contribution in [0.25, 0.3) is 21.7 Å². The van der Waals surface area contributed by atoms with Gasteiger partial charge in [-0.25, -0.2) is 13.4 Å². The van der Waals surface area contributed by atoms with E-state index >= 15 is 0 Å². The highest BCUT2D eigenvalue weighted by Crippen LogP contribution is 2.31. The third-order valence-electron chi connectivity index (χ3n) is 4.39. The Morgan fingerprint density at radius 1 is 1.27 bits per heavy atom. The minimum atomic E-state index is -3.62. The van der Waals surface area contributed by atoms with Gasteiger partial charge in [0.15, 0.2) is 0 Å². The zero-order valence-electron chi connectivity index (χ0n) is 15.9. The number of hydrogen-bond donors (Lipinski definition) is 0. The molecular formula is C17H16F2N6O3S2. The van der Waals surface area contributed by atoms with Gasteiger partial charge >= 0.3 is 6.43 Å². The van der Waals surface area contributed by atoms with E-state index in [0.29, 0.717) is 15.6 Å². The molecule has 3 aromatic heterocycles. The Bertz CT molecular complexity index is 1300. The van der Waals surface area contributed by atoms with Gasteiger partial charge in [0.25, 0.3) is 11.8 Å². The Balaban J connectivity index is 1.67. The van der Waals surface area contributed by atoms with Crippen LogP contribution in [0.4, 0.5) is 14.5 Å². The topological polar surface area (TPSA) is 107 Å². The minimum absolute atomic E-state index is 0.0277. The second-order valence-corrected chi connectivity index (χ2v) is 9.58. The van der Waals surface area contributed by atoms with Crippen LogP contribution in [0.2, 0.25) is 0 Å². The van der Waals surface area contributed by atoms with Crippen LogP contribution in [0.3, 0.4) is 0 Å². The number of anilines is 1. The fourth-order valence-corrected chi connectivity index (χ4v) is 4.80. The first-order valence-corrected chi connectivity index (χ1v) is 11.2. The average molecular weight is 454 g/mol. The molecule has 0 saturated heterocycles. The van der Waals surface area contributed by atoms with Gasteiger partial charge in [0, 0.05) is 12.4 Å². The maximum atomic E-state index is 12.8. The highest BCUT2D eigenvalue weighted by Gasteiger charge is 2.24. The van der Waals surface area contributed by atoms with Crippen LogP contribution in [0.15, 0.2) is 35.0 Å². The Morgan fingerprint density at radius 2 is 2.07 bits per heavy atom. The summed E-state index contributed by atoms with van der Waals surface area (Å²) in [5.41, 5.74) is 1.26. The molecule has 13 heteroatoms. The molecule has 4 aromatic rings. The number of halogens is 2. The lowest BCUT2D eigenvalue weighted by Crippen LogP contribution is -2.31. The maximum absolute atomic E-state index is 12.8. The summed E-state index contributed by atoms with van der Waals surface area (Å²) in [7, 11) is -1.85. The van der Waals surface area contributed by atoms with Crippen LogP contribution in [0.5, 0.6) is 0 Å². The summed E-state index contributed by atoms with van der Waals surface area (Å²) < 4.78 is 58.7. The van der Waals surface area contributed by atoms with Gasteiger partial charge in [-0.3, -0.25) is 8.99 Å². The number of sulfonamides is 1. The van der Waals surface area contributed by atoms with Crippen molar-refractivity contribution in [3.63, 3.8) is 0 Å². The Hall–Kier alpha value is -2.93. The van der Waals surface area contributed by atoms with Crippen molar-refractivity contribution in [2.75, 3.05) is 10.1 Å². The maximum Gasteiger partial charge on any atom is 0.314 e. The summed E-state index contributed by atoms with van der Waals surface area (Å²) in [6, 6.07) is 5.25. The van der Waals surface area contributed by atoms with Crippen molar-refractivity contribution in [2.24, 2.45) is 7.05 Å². The normalized spacial score (nSPS) is 12.2. The second-order valence-electron chi connectivity index (χ2n) is 6.28. The quantitative estimate of drug-likeness (QED) is 0.421. The molecule has 0 aliphatic heterocycles. The predicted octanol–water partition coefficient (Wildman–Crippen LogP) is 3.37. The molecule has 4 rings (SSSR count). The first-order chi connectivity index (χ1) is 14.3. The lowest BCUT2D eigenvalue weighted by molar-refractivity contribution is 0.116. The Labute approximate surface area is 174 Å². The fourth-order valence-electron chi connectivity index (χ4n) is 2.82. The zero-order chi connectivity index (χ0) is 21.5. The molecular weight excluding hydrogens is 438 g/mol. The van der Waals surface area contributed by atoms with E-state index in [-0.39, 0.29) is 18.2 Å². The lowest BCUT2D eigenvalue weighted by atomic mass is 10.2. The largest absolute Gasteiger partial charge is 0.414 e. The van der Waals surface area contributed by atoms with E-state index in [0.717, 1.165) is 22.2 Å². The molecule has 1 aromatic carbocycles. The van der Waals surface area contributed by atoms with Crippen molar-refractivity contribution >= 4 is 38.0 Å². The van der Waals surface area contributed by atoms with Crippen LogP contribution in [0.1, 0.15) is 24.2 Å². The molecule has 3 heterocycles. The van der Waals surface area contributed by atoms with E-state index in [1.54, 1.807) is 43.0 Å². The van der Waals surface area contributed by atoms with Gasteiger partial charge in [-0.05, 0) is 25.1 Å². The van der Waals surface area contributed by atoms with Crippen LogP contribution >= 0.6 is 11.3 Å². The Kier molecular flexibility index (Phi) is 5.24. The molecule has 0 N–H and O–H groups in total. The van der Waals surface area contributed by atoms with Crippen molar-refractivity contribution in [1.82, 2.24) is 25.0 Å². The fraction of sp³-hybridized carbons (Fsp3) is 0.294. The smallest absolute Gasteiger partial charge is 0.314 e. The van der Waals surface area contributed by atoms with E-state index in [1.165, 1.54) is 10.5 Å². The van der Waals surface area contributed by atoms with Gasteiger partial charge in [-0.15, -0.1) is 21.5 Å². The van der Waals surface area contributed by atoms with Gasteiger partial charge in [0.1, 0.15) is 9.88 Å². The third kappa shape index (κ3) is 3.77. The summed E-state index contributed by atoms with van der Waals surface area (Å²) in [4.78, 5) is 4.58. The van der Waals surface area contributed by atoms with Gasteiger partial charge in [-0.2, -0.15) is 13.9 Å². The van der Waals surface area contributed by atoms with Crippen LogP contribution in [0, 0.1) is 0 Å².